The summed E-state index contributed by atoms with van der Waals surface area (Å²) >= 11 is 0. The van der Waals surface area contributed by atoms with Gasteiger partial charge in [-0.15, -0.1) is 0 Å². The number of sulfonamides is 1. The quantitative estimate of drug-likeness (QED) is 0.464. The molecule has 0 spiro atoms. The van der Waals surface area contributed by atoms with Crippen LogP contribution in [0.2, 0.25) is 0 Å². The van der Waals surface area contributed by atoms with Gasteiger partial charge in [-0.3, -0.25) is 4.79 Å². The third-order valence-corrected chi connectivity index (χ3v) is 8.75. The number of fused-ring (bicyclic) bond motifs is 1. The lowest BCUT2D eigenvalue weighted by Gasteiger charge is -2.25. The van der Waals surface area contributed by atoms with Crippen LogP contribution in [0.15, 0.2) is 65.6 Å². The van der Waals surface area contributed by atoms with Crippen LogP contribution in [0.4, 0.5) is 0 Å². The number of carboxylic acid groups (broad SMARTS) is 1. The molecule has 1 heterocycles. The molecule has 8 heteroatoms. The molecule has 0 fully saturated rings. The van der Waals surface area contributed by atoms with Gasteiger partial charge < -0.3 is 9.84 Å². The highest BCUT2D eigenvalue weighted by Crippen LogP contribution is 2.35. The maximum atomic E-state index is 13.6. The van der Waals surface area contributed by atoms with Gasteiger partial charge in [-0.05, 0) is 72.4 Å². The maximum Gasteiger partial charge on any atom is 0.304 e. The Balaban J connectivity index is 1.75. The number of carboxylic acids is 1. The lowest BCUT2D eigenvalue weighted by molar-refractivity contribution is -0.137. The average molecular weight is 519 g/mol. The zero-order chi connectivity index (χ0) is 26.7. The minimum absolute atomic E-state index is 0.129. The Morgan fingerprint density at radius 1 is 1.14 bits per heavy atom. The molecule has 192 valence electrons. The van der Waals surface area contributed by atoms with Crippen molar-refractivity contribution in [3.63, 3.8) is 0 Å². The van der Waals surface area contributed by atoms with Gasteiger partial charge in [-0.2, -0.15) is 9.57 Å². The van der Waals surface area contributed by atoms with E-state index in [1.807, 2.05) is 39.0 Å². The summed E-state index contributed by atoms with van der Waals surface area (Å²) in [5.41, 5.74) is 4.67. The van der Waals surface area contributed by atoms with E-state index in [9.17, 15) is 23.6 Å². The highest BCUT2D eigenvalue weighted by Gasteiger charge is 2.34. The molecule has 0 saturated carbocycles. The van der Waals surface area contributed by atoms with Crippen molar-refractivity contribution in [3.05, 3.63) is 94.0 Å². The van der Waals surface area contributed by atoms with Crippen LogP contribution in [0, 0.1) is 25.2 Å². The zero-order valence-corrected chi connectivity index (χ0v) is 22.0. The molecule has 1 aliphatic rings. The SMILES string of the molecule is CCC1CN(Cc2cc(C(CC(=O)O)c3ccc(C#N)cc3C)ccc2C)S(=O)(=O)c2ccccc2O1. The number of ether oxygens (including phenoxy) is 1. The molecule has 2 unspecified atom stereocenters. The molecule has 1 aliphatic heterocycles. The van der Waals surface area contributed by atoms with Crippen molar-refractivity contribution in [1.29, 1.82) is 5.26 Å². The second-order valence-corrected chi connectivity index (χ2v) is 11.3. The van der Waals surface area contributed by atoms with Gasteiger partial charge >= 0.3 is 5.97 Å². The van der Waals surface area contributed by atoms with Crippen molar-refractivity contribution in [2.24, 2.45) is 0 Å². The number of nitriles is 1. The van der Waals surface area contributed by atoms with Crippen molar-refractivity contribution in [2.75, 3.05) is 6.54 Å². The Bertz CT molecular complexity index is 1480. The number of aryl methyl sites for hydroxylation is 2. The Kier molecular flexibility index (Phi) is 7.67. The second kappa shape index (κ2) is 10.8. The van der Waals surface area contributed by atoms with Crippen LogP contribution in [0.5, 0.6) is 5.75 Å². The van der Waals surface area contributed by atoms with E-state index in [1.165, 1.54) is 4.31 Å². The van der Waals surface area contributed by atoms with Gasteiger partial charge in [0, 0.05) is 12.5 Å². The highest BCUT2D eigenvalue weighted by atomic mass is 32.2. The molecule has 0 radical (unpaired) electrons. The van der Waals surface area contributed by atoms with Gasteiger partial charge in [0.2, 0.25) is 10.0 Å². The minimum atomic E-state index is -3.81. The molecule has 0 saturated heterocycles. The molecule has 3 aromatic carbocycles. The number of aliphatic carboxylic acids is 1. The van der Waals surface area contributed by atoms with Crippen molar-refractivity contribution < 1.29 is 23.1 Å². The van der Waals surface area contributed by atoms with Crippen LogP contribution < -0.4 is 4.74 Å². The van der Waals surface area contributed by atoms with Gasteiger partial charge in [0.25, 0.3) is 0 Å². The van der Waals surface area contributed by atoms with Crippen LogP contribution in [-0.4, -0.2) is 36.4 Å². The normalized spacial score (nSPS) is 17.6. The molecule has 4 rings (SSSR count). The molecular formula is C29H30N2O5S. The summed E-state index contributed by atoms with van der Waals surface area (Å²) in [5, 5.41) is 18.9. The molecule has 1 N–H and O–H groups in total. The number of rotatable bonds is 7. The summed E-state index contributed by atoms with van der Waals surface area (Å²) < 4.78 is 34.8. The number of para-hydroxylation sites is 1. The van der Waals surface area contributed by atoms with E-state index in [2.05, 4.69) is 6.07 Å². The summed E-state index contributed by atoms with van der Waals surface area (Å²) in [4.78, 5) is 12.0. The van der Waals surface area contributed by atoms with E-state index >= 15 is 0 Å². The van der Waals surface area contributed by atoms with E-state index in [0.717, 1.165) is 27.8 Å². The molecule has 0 bridgehead atoms. The lowest BCUT2D eigenvalue weighted by atomic mass is 9.84. The van der Waals surface area contributed by atoms with Crippen molar-refractivity contribution in [3.8, 4) is 11.8 Å². The first-order valence-electron chi connectivity index (χ1n) is 12.2. The Morgan fingerprint density at radius 3 is 2.57 bits per heavy atom. The Labute approximate surface area is 218 Å². The third-order valence-electron chi connectivity index (χ3n) is 6.90. The monoisotopic (exact) mass is 518 g/mol. The average Bonchev–Trinajstić information content (AvgIpc) is 2.97. The smallest absolute Gasteiger partial charge is 0.304 e. The fourth-order valence-corrected chi connectivity index (χ4v) is 6.36. The van der Waals surface area contributed by atoms with E-state index in [1.54, 1.807) is 42.5 Å². The van der Waals surface area contributed by atoms with Gasteiger partial charge in [-0.1, -0.05) is 43.3 Å². The zero-order valence-electron chi connectivity index (χ0n) is 21.1. The summed E-state index contributed by atoms with van der Waals surface area (Å²) in [6.07, 6.45) is 0.233. The van der Waals surface area contributed by atoms with Crippen LogP contribution in [0.25, 0.3) is 0 Å². The fraction of sp³-hybridized carbons (Fsp3) is 0.310. The molecule has 0 amide bonds. The van der Waals surface area contributed by atoms with Crippen LogP contribution in [-0.2, 0) is 21.4 Å². The highest BCUT2D eigenvalue weighted by molar-refractivity contribution is 7.89. The molecule has 2 atom stereocenters. The van der Waals surface area contributed by atoms with Gasteiger partial charge in [-0.25, -0.2) is 8.42 Å². The van der Waals surface area contributed by atoms with E-state index in [4.69, 9.17) is 4.74 Å². The molecule has 0 aliphatic carbocycles. The van der Waals surface area contributed by atoms with Crippen molar-refractivity contribution in [2.45, 2.75) is 57.1 Å². The van der Waals surface area contributed by atoms with Gasteiger partial charge in [0.1, 0.15) is 16.7 Å². The predicted octanol–water partition coefficient (Wildman–Crippen LogP) is 5.14. The lowest BCUT2D eigenvalue weighted by Crippen LogP contribution is -2.36. The largest absolute Gasteiger partial charge is 0.488 e. The number of hydrogen-bond acceptors (Lipinski definition) is 5. The number of nitrogens with zero attached hydrogens (tertiary/aromatic N) is 2. The first kappa shape index (κ1) is 26.4. The first-order valence-corrected chi connectivity index (χ1v) is 13.7. The second-order valence-electron chi connectivity index (χ2n) is 9.41. The first-order chi connectivity index (χ1) is 17.6. The summed E-state index contributed by atoms with van der Waals surface area (Å²) in [7, 11) is -3.81. The van der Waals surface area contributed by atoms with Gasteiger partial charge in [0.05, 0.1) is 24.6 Å². The van der Waals surface area contributed by atoms with Crippen molar-refractivity contribution in [1.82, 2.24) is 4.31 Å². The van der Waals surface area contributed by atoms with Crippen LogP contribution >= 0.6 is 0 Å². The van der Waals surface area contributed by atoms with E-state index in [-0.39, 0.29) is 30.5 Å². The van der Waals surface area contributed by atoms with Crippen LogP contribution in [0.1, 0.15) is 59.1 Å². The molecule has 0 aromatic heterocycles. The van der Waals surface area contributed by atoms with E-state index in [0.29, 0.717) is 17.7 Å². The van der Waals surface area contributed by atoms with Crippen molar-refractivity contribution >= 4 is 16.0 Å². The number of hydrogen-bond donors (Lipinski definition) is 1. The molecule has 7 nitrogen and oxygen atoms in total. The third kappa shape index (κ3) is 5.53. The molecule has 37 heavy (non-hydrogen) atoms. The maximum absolute atomic E-state index is 13.6. The topological polar surface area (TPSA) is 108 Å². The van der Waals surface area contributed by atoms with E-state index < -0.39 is 21.9 Å². The Morgan fingerprint density at radius 2 is 1.89 bits per heavy atom. The molecular weight excluding hydrogens is 488 g/mol. The number of carbonyl (C=O) groups is 1. The Hall–Kier alpha value is -3.67. The standard InChI is InChI=1S/C29H30N2O5S/c1-4-24-18-31(37(34,35)28-8-6-5-7-27(28)36-24)17-23-14-22(11-9-19(23)2)26(15-29(32)33)25-12-10-21(16-30)13-20(25)3/h5-14,24,26H,4,15,17-18H2,1-3H3,(H,32,33). The van der Waals surface area contributed by atoms with Gasteiger partial charge in [0.15, 0.2) is 0 Å². The summed E-state index contributed by atoms with van der Waals surface area (Å²) in [5.74, 6) is -1.02. The predicted molar refractivity (Wildman–Crippen MR) is 140 cm³/mol. The fourth-order valence-electron chi connectivity index (χ4n) is 4.79. The minimum Gasteiger partial charge on any atom is -0.488 e. The molecule has 3 aromatic rings. The van der Waals surface area contributed by atoms with Crippen LogP contribution in [0.3, 0.4) is 0 Å². The number of benzene rings is 3. The summed E-state index contributed by atoms with van der Waals surface area (Å²) in [6, 6.07) is 19.8. The summed E-state index contributed by atoms with van der Waals surface area (Å²) in [6.45, 7) is 6.11.